The van der Waals surface area contributed by atoms with Crippen LogP contribution in [0, 0.1) is 6.92 Å². The summed E-state index contributed by atoms with van der Waals surface area (Å²) < 4.78 is 2.15. The number of amides is 1. The van der Waals surface area contributed by atoms with E-state index in [1.165, 1.54) is 0 Å². The van der Waals surface area contributed by atoms with Crippen LogP contribution in [-0.4, -0.2) is 15.6 Å². The number of aromatic hydroxyl groups is 1. The van der Waals surface area contributed by atoms with Crippen molar-refractivity contribution in [1.29, 1.82) is 0 Å². The Morgan fingerprint density at radius 1 is 0.839 bits per heavy atom. The van der Waals surface area contributed by atoms with E-state index in [9.17, 15) is 9.90 Å². The van der Waals surface area contributed by atoms with E-state index in [0.717, 1.165) is 33.3 Å². The van der Waals surface area contributed by atoms with E-state index in [4.69, 9.17) is 5.73 Å². The minimum atomic E-state index is -0.504. The second kappa shape index (κ2) is 7.33. The highest BCUT2D eigenvalue weighted by molar-refractivity contribution is 6.19. The van der Waals surface area contributed by atoms with Crippen molar-refractivity contribution in [3.63, 3.8) is 0 Å². The highest BCUT2D eigenvalue weighted by Crippen LogP contribution is 2.38. The van der Waals surface area contributed by atoms with Crippen LogP contribution in [0.15, 0.2) is 84.9 Å². The standard InChI is InChI=1S/C27H22N2O2/c1-17-13-23-26(24(30)14-17)25-21(27(28)31)11-6-12-22(25)29(23)16-18-7-5-10-20(15-18)19-8-3-2-4-9-19/h2-15,30H,16H2,1H3,(H2,28,31). The van der Waals surface area contributed by atoms with Gasteiger partial charge < -0.3 is 15.4 Å². The van der Waals surface area contributed by atoms with Gasteiger partial charge in [-0.3, -0.25) is 4.79 Å². The molecule has 0 unspecified atom stereocenters. The van der Waals surface area contributed by atoms with E-state index >= 15 is 0 Å². The number of hydrogen-bond acceptors (Lipinski definition) is 2. The lowest BCUT2D eigenvalue weighted by Crippen LogP contribution is -2.11. The Bertz CT molecular complexity index is 1450. The van der Waals surface area contributed by atoms with Crippen molar-refractivity contribution in [1.82, 2.24) is 4.57 Å². The zero-order valence-corrected chi connectivity index (χ0v) is 17.2. The average molecular weight is 406 g/mol. The first-order chi connectivity index (χ1) is 15.0. The molecule has 4 nitrogen and oxygen atoms in total. The van der Waals surface area contributed by atoms with Crippen molar-refractivity contribution in [3.8, 4) is 16.9 Å². The minimum absolute atomic E-state index is 0.158. The van der Waals surface area contributed by atoms with Crippen LogP contribution in [0.2, 0.25) is 0 Å². The molecule has 0 radical (unpaired) electrons. The third-order valence-corrected chi connectivity index (χ3v) is 5.76. The molecule has 0 aliphatic rings. The Balaban J connectivity index is 1.74. The molecule has 0 atom stereocenters. The van der Waals surface area contributed by atoms with Crippen LogP contribution in [-0.2, 0) is 6.54 Å². The molecule has 1 aromatic heterocycles. The maximum atomic E-state index is 12.1. The topological polar surface area (TPSA) is 68.2 Å². The molecule has 5 rings (SSSR count). The van der Waals surface area contributed by atoms with Crippen LogP contribution >= 0.6 is 0 Å². The summed E-state index contributed by atoms with van der Waals surface area (Å²) in [6, 6.07) is 28.0. The molecule has 1 heterocycles. The number of phenolic OH excluding ortho intramolecular Hbond substituents is 1. The third-order valence-electron chi connectivity index (χ3n) is 5.76. The highest BCUT2D eigenvalue weighted by Gasteiger charge is 2.19. The molecule has 0 bridgehead atoms. The minimum Gasteiger partial charge on any atom is -0.507 e. The summed E-state index contributed by atoms with van der Waals surface area (Å²) in [7, 11) is 0. The van der Waals surface area contributed by atoms with Gasteiger partial charge in [-0.05, 0) is 59.5 Å². The van der Waals surface area contributed by atoms with Gasteiger partial charge in [0.2, 0.25) is 5.91 Å². The molecule has 152 valence electrons. The number of fused-ring (bicyclic) bond motifs is 3. The molecule has 0 spiro atoms. The number of aromatic nitrogens is 1. The number of aryl methyl sites for hydroxylation is 1. The zero-order valence-electron chi connectivity index (χ0n) is 17.2. The lowest BCUT2D eigenvalue weighted by molar-refractivity contribution is 0.100. The molecular formula is C27H22N2O2. The first-order valence-electron chi connectivity index (χ1n) is 10.2. The van der Waals surface area contributed by atoms with Gasteiger partial charge in [-0.2, -0.15) is 0 Å². The number of primary amides is 1. The van der Waals surface area contributed by atoms with Gasteiger partial charge in [0.1, 0.15) is 5.75 Å². The summed E-state index contributed by atoms with van der Waals surface area (Å²) >= 11 is 0. The van der Waals surface area contributed by atoms with Crippen molar-refractivity contribution in [3.05, 3.63) is 102 Å². The van der Waals surface area contributed by atoms with Gasteiger partial charge in [0.05, 0.1) is 16.4 Å². The molecule has 0 aliphatic carbocycles. The Hall–Kier alpha value is -4.05. The highest BCUT2D eigenvalue weighted by atomic mass is 16.3. The van der Waals surface area contributed by atoms with Crippen molar-refractivity contribution < 1.29 is 9.90 Å². The van der Waals surface area contributed by atoms with Gasteiger partial charge in [-0.1, -0.05) is 54.6 Å². The Morgan fingerprint density at radius 2 is 1.58 bits per heavy atom. The van der Waals surface area contributed by atoms with Crippen LogP contribution in [0.4, 0.5) is 0 Å². The van der Waals surface area contributed by atoms with Gasteiger partial charge in [-0.25, -0.2) is 0 Å². The van der Waals surface area contributed by atoms with Crippen LogP contribution < -0.4 is 5.73 Å². The second-order valence-electron chi connectivity index (χ2n) is 7.89. The van der Waals surface area contributed by atoms with Gasteiger partial charge in [0, 0.05) is 17.5 Å². The Morgan fingerprint density at radius 3 is 2.35 bits per heavy atom. The number of benzene rings is 4. The fraction of sp³-hybridized carbons (Fsp3) is 0.0741. The van der Waals surface area contributed by atoms with Crippen LogP contribution in [0.25, 0.3) is 32.9 Å². The molecular weight excluding hydrogens is 384 g/mol. The second-order valence-corrected chi connectivity index (χ2v) is 7.89. The van der Waals surface area contributed by atoms with Gasteiger partial charge >= 0.3 is 0 Å². The molecule has 0 aliphatic heterocycles. The van der Waals surface area contributed by atoms with E-state index in [2.05, 4.69) is 41.0 Å². The summed E-state index contributed by atoms with van der Waals surface area (Å²) in [4.78, 5) is 12.1. The van der Waals surface area contributed by atoms with E-state index in [-0.39, 0.29) is 5.75 Å². The van der Waals surface area contributed by atoms with Crippen molar-refractivity contribution in [2.75, 3.05) is 0 Å². The van der Waals surface area contributed by atoms with Crippen molar-refractivity contribution >= 4 is 27.7 Å². The number of carbonyl (C=O) groups excluding carboxylic acids is 1. The number of phenols is 1. The van der Waals surface area contributed by atoms with E-state index in [1.54, 1.807) is 12.1 Å². The van der Waals surface area contributed by atoms with E-state index in [0.29, 0.717) is 22.9 Å². The predicted molar refractivity (Wildman–Crippen MR) is 125 cm³/mol. The maximum Gasteiger partial charge on any atom is 0.249 e. The summed E-state index contributed by atoms with van der Waals surface area (Å²) in [6.45, 7) is 2.55. The lowest BCUT2D eigenvalue weighted by atomic mass is 10.0. The molecule has 4 aromatic carbocycles. The third kappa shape index (κ3) is 3.22. The number of rotatable bonds is 4. The molecule has 0 saturated carbocycles. The molecule has 4 heteroatoms. The quantitative estimate of drug-likeness (QED) is 0.407. The fourth-order valence-corrected chi connectivity index (χ4v) is 4.41. The monoisotopic (exact) mass is 406 g/mol. The average Bonchev–Trinajstić information content (AvgIpc) is 3.08. The van der Waals surface area contributed by atoms with Gasteiger partial charge in [-0.15, -0.1) is 0 Å². The predicted octanol–water partition coefficient (Wildman–Crippen LogP) is 5.62. The van der Waals surface area contributed by atoms with Crippen molar-refractivity contribution in [2.45, 2.75) is 13.5 Å². The molecule has 5 aromatic rings. The molecule has 31 heavy (non-hydrogen) atoms. The largest absolute Gasteiger partial charge is 0.507 e. The van der Waals surface area contributed by atoms with Crippen LogP contribution in [0.5, 0.6) is 5.75 Å². The summed E-state index contributed by atoms with van der Waals surface area (Å²) in [6.07, 6.45) is 0. The van der Waals surface area contributed by atoms with Crippen molar-refractivity contribution in [2.24, 2.45) is 5.73 Å². The SMILES string of the molecule is Cc1cc(O)c2c3c(C(N)=O)cccc3n(Cc3cccc(-c4ccccc4)c3)c2c1. The first kappa shape index (κ1) is 18.9. The van der Waals surface area contributed by atoms with Gasteiger partial charge in [0.15, 0.2) is 0 Å². The summed E-state index contributed by atoms with van der Waals surface area (Å²) in [5.41, 5.74) is 12.2. The Labute approximate surface area is 180 Å². The molecule has 0 saturated heterocycles. The summed E-state index contributed by atoms with van der Waals surface area (Å²) in [5.74, 6) is -0.346. The number of hydrogen-bond donors (Lipinski definition) is 2. The van der Waals surface area contributed by atoms with Crippen LogP contribution in [0.1, 0.15) is 21.5 Å². The molecule has 1 amide bonds. The fourth-order valence-electron chi connectivity index (χ4n) is 4.41. The number of carbonyl (C=O) groups is 1. The lowest BCUT2D eigenvalue weighted by Gasteiger charge is -2.10. The Kier molecular flexibility index (Phi) is 4.48. The van der Waals surface area contributed by atoms with E-state index in [1.807, 2.05) is 43.3 Å². The molecule has 3 N–H and O–H groups in total. The smallest absolute Gasteiger partial charge is 0.249 e. The van der Waals surface area contributed by atoms with Crippen LogP contribution in [0.3, 0.4) is 0 Å². The normalized spacial score (nSPS) is 11.3. The number of nitrogens with zero attached hydrogens (tertiary/aromatic N) is 1. The first-order valence-corrected chi connectivity index (χ1v) is 10.2. The summed E-state index contributed by atoms with van der Waals surface area (Å²) in [5, 5.41) is 12.1. The van der Waals surface area contributed by atoms with Gasteiger partial charge in [0.25, 0.3) is 0 Å². The maximum absolute atomic E-state index is 12.1. The van der Waals surface area contributed by atoms with E-state index < -0.39 is 5.91 Å². The zero-order chi connectivity index (χ0) is 21.5. The number of nitrogens with two attached hydrogens (primary N) is 1. The molecule has 0 fully saturated rings.